The van der Waals surface area contributed by atoms with Crippen LogP contribution in [0, 0.1) is 11.8 Å². The van der Waals surface area contributed by atoms with Crippen LogP contribution in [0.15, 0.2) is 34.6 Å². The van der Waals surface area contributed by atoms with Crippen molar-refractivity contribution >= 4 is 5.69 Å². The zero-order chi connectivity index (χ0) is 12.1. The number of methoxy groups -OCH3 is 1. The van der Waals surface area contributed by atoms with Crippen LogP contribution in [0.25, 0.3) is 0 Å². The van der Waals surface area contributed by atoms with Crippen molar-refractivity contribution in [2.24, 2.45) is 22.2 Å². The second-order valence-corrected chi connectivity index (χ2v) is 5.56. The molecule has 1 heterocycles. The third-order valence-corrected chi connectivity index (χ3v) is 4.73. The average Bonchev–Trinajstić information content (AvgIpc) is 3.11. The molecule has 18 heavy (non-hydrogen) atoms. The molecular weight excluding hydrogens is 226 g/mol. The molecule has 4 heteroatoms. The maximum absolute atomic E-state index is 5.20. The molecule has 0 amide bonds. The Bertz CT molecular complexity index is 484. The summed E-state index contributed by atoms with van der Waals surface area (Å²) in [5, 5.41) is 11.0. The summed E-state index contributed by atoms with van der Waals surface area (Å²) in [5.41, 5.74) is 1.14. The lowest BCUT2D eigenvalue weighted by Gasteiger charge is -2.29. The normalized spacial score (nSPS) is 36.2. The number of hydrogen-bond acceptors (Lipinski definition) is 4. The third kappa shape index (κ3) is 1.32. The largest absolute Gasteiger partial charge is 0.497 e. The number of hydrogen-bond donors (Lipinski definition) is 0. The van der Waals surface area contributed by atoms with Gasteiger partial charge < -0.3 is 4.74 Å². The fourth-order valence-electron chi connectivity index (χ4n) is 3.87. The zero-order valence-electron chi connectivity index (χ0n) is 10.5. The molecule has 94 valence electrons. The van der Waals surface area contributed by atoms with Crippen molar-refractivity contribution in [1.82, 2.24) is 0 Å². The first kappa shape index (κ1) is 10.4. The number of benzene rings is 1. The molecule has 4 nitrogen and oxygen atoms in total. The van der Waals surface area contributed by atoms with E-state index in [2.05, 4.69) is 27.5 Å². The van der Waals surface area contributed by atoms with Gasteiger partial charge in [-0.05, 0) is 55.4 Å². The van der Waals surface area contributed by atoms with Crippen LogP contribution in [-0.4, -0.2) is 19.2 Å². The van der Waals surface area contributed by atoms with E-state index in [4.69, 9.17) is 4.74 Å². The Kier molecular flexibility index (Phi) is 2.13. The lowest BCUT2D eigenvalue weighted by Crippen LogP contribution is -2.39. The average molecular weight is 243 g/mol. The minimum atomic E-state index is 0.450. The van der Waals surface area contributed by atoms with E-state index in [0.717, 1.165) is 23.3 Å². The van der Waals surface area contributed by atoms with Crippen LogP contribution in [0.1, 0.15) is 19.3 Å². The van der Waals surface area contributed by atoms with Crippen LogP contribution >= 0.6 is 0 Å². The number of rotatable bonds is 2. The van der Waals surface area contributed by atoms with Crippen LogP contribution in [0.5, 0.6) is 5.75 Å². The maximum Gasteiger partial charge on any atom is 0.119 e. The molecule has 1 aromatic carbocycles. The molecule has 2 saturated carbocycles. The molecule has 2 bridgehead atoms. The predicted octanol–water partition coefficient (Wildman–Crippen LogP) is 3.05. The van der Waals surface area contributed by atoms with Crippen molar-refractivity contribution < 1.29 is 4.74 Å². The molecule has 0 radical (unpaired) electrons. The summed E-state index contributed by atoms with van der Waals surface area (Å²) in [5.74, 6) is 2.46. The second kappa shape index (κ2) is 3.70. The topological polar surface area (TPSA) is 37.2 Å². The van der Waals surface area contributed by atoms with Gasteiger partial charge in [0.1, 0.15) is 5.75 Å². The molecule has 4 rings (SSSR count). The SMILES string of the molecule is COc1ccc(N2N=N[C@@H]3[C@H]4CC[C@H](C4)[C@@H]32)cc1. The molecule has 3 aliphatic rings. The molecule has 0 spiro atoms. The first-order valence-electron chi connectivity index (χ1n) is 6.71. The van der Waals surface area contributed by atoms with Crippen LogP contribution in [0.3, 0.4) is 0 Å². The zero-order valence-corrected chi connectivity index (χ0v) is 10.5. The highest BCUT2D eigenvalue weighted by atomic mass is 16.5. The van der Waals surface area contributed by atoms with E-state index >= 15 is 0 Å². The third-order valence-electron chi connectivity index (χ3n) is 4.73. The lowest BCUT2D eigenvalue weighted by atomic mass is 9.91. The Hall–Kier alpha value is -1.58. The Labute approximate surface area is 107 Å². The van der Waals surface area contributed by atoms with Crippen molar-refractivity contribution in [2.75, 3.05) is 12.1 Å². The molecule has 0 aromatic heterocycles. The van der Waals surface area contributed by atoms with Gasteiger partial charge in [-0.2, -0.15) is 5.11 Å². The summed E-state index contributed by atoms with van der Waals surface area (Å²) >= 11 is 0. The van der Waals surface area contributed by atoms with Crippen molar-refractivity contribution in [2.45, 2.75) is 31.3 Å². The summed E-state index contributed by atoms with van der Waals surface area (Å²) in [6.07, 6.45) is 4.05. The molecular formula is C14H17N3O. The van der Waals surface area contributed by atoms with E-state index in [1.165, 1.54) is 19.3 Å². The molecule has 0 saturated heterocycles. The Morgan fingerprint density at radius 1 is 1.17 bits per heavy atom. The molecule has 0 N–H and O–H groups in total. The number of nitrogens with zero attached hydrogens (tertiary/aromatic N) is 3. The maximum atomic E-state index is 5.20. The standard InChI is InChI=1S/C14H17N3O/c1-18-12-6-4-11(5-7-12)17-14-10-3-2-9(8-10)13(14)15-16-17/h4-7,9-10,13-14H,2-3,8H2,1H3/t9-,10+,13+,14-/m0/s1. The van der Waals surface area contributed by atoms with Gasteiger partial charge in [-0.3, -0.25) is 0 Å². The fraction of sp³-hybridized carbons (Fsp3) is 0.571. The summed E-state index contributed by atoms with van der Waals surface area (Å²) in [7, 11) is 1.69. The molecule has 4 atom stereocenters. The van der Waals surface area contributed by atoms with Gasteiger partial charge >= 0.3 is 0 Å². The Morgan fingerprint density at radius 2 is 1.94 bits per heavy atom. The number of fused-ring (bicyclic) bond motifs is 5. The molecule has 1 aliphatic heterocycles. The van der Waals surface area contributed by atoms with Crippen LogP contribution in [0.4, 0.5) is 5.69 Å². The smallest absolute Gasteiger partial charge is 0.119 e. The summed E-state index contributed by atoms with van der Waals surface area (Å²) < 4.78 is 5.20. The lowest BCUT2D eigenvalue weighted by molar-refractivity contribution is 0.383. The Morgan fingerprint density at radius 3 is 2.72 bits per heavy atom. The first-order chi connectivity index (χ1) is 8.86. The minimum absolute atomic E-state index is 0.450. The highest BCUT2D eigenvalue weighted by Crippen LogP contribution is 2.51. The van der Waals surface area contributed by atoms with Gasteiger partial charge in [-0.15, -0.1) is 0 Å². The quantitative estimate of drug-likeness (QED) is 0.800. The van der Waals surface area contributed by atoms with E-state index in [-0.39, 0.29) is 0 Å². The molecule has 2 aliphatic carbocycles. The van der Waals surface area contributed by atoms with Gasteiger partial charge in [0.2, 0.25) is 0 Å². The van der Waals surface area contributed by atoms with Gasteiger partial charge in [0.05, 0.1) is 24.9 Å². The fourth-order valence-corrected chi connectivity index (χ4v) is 3.87. The van der Waals surface area contributed by atoms with Gasteiger partial charge in [0.25, 0.3) is 0 Å². The van der Waals surface area contributed by atoms with Gasteiger partial charge in [-0.1, -0.05) is 5.22 Å². The van der Waals surface area contributed by atoms with Crippen LogP contribution < -0.4 is 9.75 Å². The number of anilines is 1. The van der Waals surface area contributed by atoms with Crippen LogP contribution in [-0.2, 0) is 0 Å². The highest BCUT2D eigenvalue weighted by Gasteiger charge is 2.53. The highest BCUT2D eigenvalue weighted by molar-refractivity contribution is 5.50. The van der Waals surface area contributed by atoms with Crippen molar-refractivity contribution in [3.05, 3.63) is 24.3 Å². The van der Waals surface area contributed by atoms with Crippen LogP contribution in [0.2, 0.25) is 0 Å². The van der Waals surface area contributed by atoms with Gasteiger partial charge in [0.15, 0.2) is 0 Å². The van der Waals surface area contributed by atoms with E-state index in [1.54, 1.807) is 7.11 Å². The molecule has 0 unspecified atom stereocenters. The first-order valence-corrected chi connectivity index (χ1v) is 6.71. The summed E-state index contributed by atoms with van der Waals surface area (Å²) in [6, 6.07) is 9.10. The number of ether oxygens (including phenoxy) is 1. The van der Waals surface area contributed by atoms with Gasteiger partial charge in [-0.25, -0.2) is 5.01 Å². The predicted molar refractivity (Wildman–Crippen MR) is 68.7 cm³/mol. The monoisotopic (exact) mass is 243 g/mol. The Balaban J connectivity index is 1.63. The molecule has 2 fully saturated rings. The van der Waals surface area contributed by atoms with E-state index in [0.29, 0.717) is 12.1 Å². The van der Waals surface area contributed by atoms with Gasteiger partial charge in [0, 0.05) is 0 Å². The second-order valence-electron chi connectivity index (χ2n) is 5.56. The molecule has 1 aromatic rings. The van der Waals surface area contributed by atoms with Crippen molar-refractivity contribution in [1.29, 1.82) is 0 Å². The van der Waals surface area contributed by atoms with E-state index in [1.807, 2.05) is 12.1 Å². The van der Waals surface area contributed by atoms with E-state index in [9.17, 15) is 0 Å². The minimum Gasteiger partial charge on any atom is -0.497 e. The van der Waals surface area contributed by atoms with Crippen molar-refractivity contribution in [3.8, 4) is 5.75 Å². The summed E-state index contributed by atoms with van der Waals surface area (Å²) in [4.78, 5) is 0. The van der Waals surface area contributed by atoms with Crippen molar-refractivity contribution in [3.63, 3.8) is 0 Å². The summed E-state index contributed by atoms with van der Waals surface area (Å²) in [6.45, 7) is 0. The van der Waals surface area contributed by atoms with E-state index < -0.39 is 0 Å².